The Hall–Kier alpha value is -4.14. The summed E-state index contributed by atoms with van der Waals surface area (Å²) in [5.41, 5.74) is 4.11. The molecule has 4 aromatic carbocycles. The van der Waals surface area contributed by atoms with E-state index in [2.05, 4.69) is 5.32 Å². The smallest absolute Gasteiger partial charge is 0.264 e. The molecule has 0 bridgehead atoms. The van der Waals surface area contributed by atoms with Gasteiger partial charge in [-0.1, -0.05) is 102 Å². The van der Waals surface area contributed by atoms with Crippen molar-refractivity contribution in [1.29, 1.82) is 0 Å². The molecule has 9 heteroatoms. The minimum absolute atomic E-state index is 0.00942. The number of anilines is 1. The van der Waals surface area contributed by atoms with Crippen molar-refractivity contribution < 1.29 is 18.0 Å². The van der Waals surface area contributed by atoms with Crippen LogP contribution in [0.15, 0.2) is 108 Å². The zero-order valence-corrected chi connectivity index (χ0v) is 27.8. The van der Waals surface area contributed by atoms with E-state index in [9.17, 15) is 18.0 Å². The van der Waals surface area contributed by atoms with Crippen molar-refractivity contribution in [2.24, 2.45) is 0 Å². The highest BCUT2D eigenvalue weighted by molar-refractivity contribution is 7.92. The number of benzene rings is 4. The largest absolute Gasteiger partial charge is 0.352 e. The molecule has 5 rings (SSSR count). The van der Waals surface area contributed by atoms with E-state index in [1.54, 1.807) is 17.0 Å². The highest BCUT2D eigenvalue weighted by atomic mass is 35.5. The highest BCUT2D eigenvalue weighted by Gasteiger charge is 2.35. The van der Waals surface area contributed by atoms with Gasteiger partial charge in [0.2, 0.25) is 11.8 Å². The Morgan fingerprint density at radius 1 is 0.804 bits per heavy atom. The maximum absolute atomic E-state index is 14.6. The molecular weight excluding hydrogens is 618 g/mol. The minimum atomic E-state index is -4.19. The van der Waals surface area contributed by atoms with Gasteiger partial charge >= 0.3 is 0 Å². The molecule has 0 unspecified atom stereocenters. The summed E-state index contributed by atoms with van der Waals surface area (Å²) in [4.78, 5) is 30.2. The Balaban J connectivity index is 1.55. The van der Waals surface area contributed by atoms with Gasteiger partial charge in [0.25, 0.3) is 10.0 Å². The van der Waals surface area contributed by atoms with Crippen LogP contribution < -0.4 is 9.62 Å². The lowest BCUT2D eigenvalue weighted by molar-refractivity contribution is -0.140. The van der Waals surface area contributed by atoms with E-state index >= 15 is 0 Å². The number of carbonyl (C=O) groups is 2. The topological polar surface area (TPSA) is 86.8 Å². The van der Waals surface area contributed by atoms with Gasteiger partial charge in [0.1, 0.15) is 12.6 Å². The van der Waals surface area contributed by atoms with Gasteiger partial charge in [-0.05, 0) is 74.2 Å². The molecule has 4 aromatic rings. The predicted octanol–water partition coefficient (Wildman–Crippen LogP) is 6.85. The molecule has 0 radical (unpaired) electrons. The average Bonchev–Trinajstić information content (AvgIpc) is 3.56. The fraction of sp³-hybridized carbons (Fsp3) is 0.297. The molecule has 1 aliphatic rings. The van der Waals surface area contributed by atoms with Gasteiger partial charge < -0.3 is 10.2 Å². The van der Waals surface area contributed by atoms with Gasteiger partial charge in [0, 0.05) is 24.0 Å². The summed E-state index contributed by atoms with van der Waals surface area (Å²) in [7, 11) is -4.19. The van der Waals surface area contributed by atoms with Gasteiger partial charge in [-0.15, -0.1) is 0 Å². The zero-order chi connectivity index (χ0) is 32.7. The summed E-state index contributed by atoms with van der Waals surface area (Å²) in [6, 6.07) is 29.5. The summed E-state index contributed by atoms with van der Waals surface area (Å²) in [5, 5.41) is 3.61. The number of nitrogens with zero attached hydrogens (tertiary/aromatic N) is 2. The van der Waals surface area contributed by atoms with E-state index in [0.717, 1.165) is 52.2 Å². The van der Waals surface area contributed by atoms with E-state index < -0.39 is 28.5 Å². The molecule has 2 amide bonds. The number of sulfonamides is 1. The lowest BCUT2D eigenvalue weighted by Crippen LogP contribution is -2.54. The number of hydrogen-bond acceptors (Lipinski definition) is 4. The lowest BCUT2D eigenvalue weighted by Gasteiger charge is -2.34. The molecule has 1 saturated carbocycles. The Kier molecular flexibility index (Phi) is 10.8. The molecule has 1 atom stereocenters. The molecule has 1 N–H and O–H groups in total. The average molecular weight is 658 g/mol. The number of hydrogen-bond donors (Lipinski definition) is 1. The normalized spacial score (nSPS) is 14.1. The van der Waals surface area contributed by atoms with Gasteiger partial charge in [0.15, 0.2) is 0 Å². The molecule has 0 saturated heterocycles. The molecule has 240 valence electrons. The van der Waals surface area contributed by atoms with Gasteiger partial charge in [-0.3, -0.25) is 13.9 Å². The van der Waals surface area contributed by atoms with Gasteiger partial charge in [0.05, 0.1) is 10.6 Å². The summed E-state index contributed by atoms with van der Waals surface area (Å²) < 4.78 is 29.4. The SMILES string of the molecule is Cc1ccc(CN(C(=O)CN(c2ccc(C)cc2)S(=O)(=O)c2ccc(Cl)cc2)[C@H](Cc2ccccc2)C(=O)NC2CCCC2)cc1. The quantitative estimate of drug-likeness (QED) is 0.181. The van der Waals surface area contributed by atoms with E-state index in [4.69, 9.17) is 11.6 Å². The second-order valence-corrected chi connectivity index (χ2v) is 14.3. The second kappa shape index (κ2) is 15.0. The van der Waals surface area contributed by atoms with Crippen LogP contribution in [0.25, 0.3) is 0 Å². The second-order valence-electron chi connectivity index (χ2n) is 12.0. The first-order chi connectivity index (χ1) is 22.1. The van der Waals surface area contributed by atoms with Crippen molar-refractivity contribution in [2.45, 2.75) is 69.5 Å². The van der Waals surface area contributed by atoms with Gasteiger partial charge in [-0.25, -0.2) is 8.42 Å². The summed E-state index contributed by atoms with van der Waals surface area (Å²) in [5.74, 6) is -0.722. The van der Waals surface area contributed by atoms with Crippen LogP contribution in [-0.2, 0) is 32.6 Å². The first-order valence-corrected chi connectivity index (χ1v) is 17.5. The number of carbonyl (C=O) groups excluding carboxylic acids is 2. The lowest BCUT2D eigenvalue weighted by atomic mass is 10.0. The summed E-state index contributed by atoms with van der Waals surface area (Å²) >= 11 is 6.07. The van der Waals surface area contributed by atoms with Crippen molar-refractivity contribution in [3.05, 3.63) is 130 Å². The number of nitrogens with one attached hydrogen (secondary N) is 1. The fourth-order valence-electron chi connectivity index (χ4n) is 5.79. The molecule has 7 nitrogen and oxygen atoms in total. The predicted molar refractivity (Wildman–Crippen MR) is 183 cm³/mol. The van der Waals surface area contributed by atoms with Crippen molar-refractivity contribution in [3.63, 3.8) is 0 Å². The van der Waals surface area contributed by atoms with E-state index in [0.29, 0.717) is 10.7 Å². The first-order valence-electron chi connectivity index (χ1n) is 15.6. The van der Waals surface area contributed by atoms with Crippen molar-refractivity contribution in [1.82, 2.24) is 10.2 Å². The Bertz CT molecular complexity index is 1720. The van der Waals surface area contributed by atoms with E-state index in [1.807, 2.05) is 80.6 Å². The van der Waals surface area contributed by atoms with Crippen LogP contribution in [-0.4, -0.2) is 43.8 Å². The highest BCUT2D eigenvalue weighted by Crippen LogP contribution is 2.27. The Morgan fingerprint density at radius 3 is 2.00 bits per heavy atom. The number of amides is 2. The molecule has 0 heterocycles. The molecule has 46 heavy (non-hydrogen) atoms. The maximum atomic E-state index is 14.6. The monoisotopic (exact) mass is 657 g/mol. The summed E-state index contributed by atoms with van der Waals surface area (Å²) in [6.45, 7) is 3.54. The van der Waals surface area contributed by atoms with Crippen LogP contribution in [0.3, 0.4) is 0 Å². The number of halogens is 1. The van der Waals surface area contributed by atoms with Crippen LogP contribution in [0.1, 0.15) is 47.9 Å². The Labute approximate surface area is 277 Å². The first kappa shape index (κ1) is 33.2. The van der Waals surface area contributed by atoms with Crippen LogP contribution in [0.4, 0.5) is 5.69 Å². The molecule has 0 spiro atoms. The third-order valence-corrected chi connectivity index (χ3v) is 10.5. The fourth-order valence-corrected chi connectivity index (χ4v) is 7.33. The van der Waals surface area contributed by atoms with Crippen molar-refractivity contribution in [2.75, 3.05) is 10.8 Å². The van der Waals surface area contributed by atoms with Crippen LogP contribution in [0, 0.1) is 13.8 Å². The Morgan fingerprint density at radius 2 is 1.39 bits per heavy atom. The van der Waals surface area contributed by atoms with Crippen LogP contribution in [0.5, 0.6) is 0 Å². The third kappa shape index (κ3) is 8.36. The number of rotatable bonds is 12. The van der Waals surface area contributed by atoms with Gasteiger partial charge in [-0.2, -0.15) is 0 Å². The van der Waals surface area contributed by atoms with E-state index in [-0.39, 0.29) is 29.8 Å². The minimum Gasteiger partial charge on any atom is -0.352 e. The molecule has 1 aliphatic carbocycles. The summed E-state index contributed by atoms with van der Waals surface area (Å²) in [6.07, 6.45) is 4.18. The van der Waals surface area contributed by atoms with Crippen molar-refractivity contribution in [3.8, 4) is 0 Å². The number of aryl methyl sites for hydroxylation is 2. The molecule has 0 aliphatic heterocycles. The van der Waals surface area contributed by atoms with Crippen LogP contribution in [0.2, 0.25) is 5.02 Å². The zero-order valence-electron chi connectivity index (χ0n) is 26.2. The maximum Gasteiger partial charge on any atom is 0.264 e. The molecule has 0 aromatic heterocycles. The third-order valence-electron chi connectivity index (χ3n) is 8.45. The van der Waals surface area contributed by atoms with Crippen molar-refractivity contribution >= 4 is 39.1 Å². The molecule has 1 fully saturated rings. The standard InChI is InChI=1S/C37H40ClN3O4S/c1-27-12-16-30(17-13-27)25-40(35(24-29-8-4-3-5-9-29)37(43)39-32-10-6-7-11-32)36(42)26-41(33-20-14-28(2)15-21-33)46(44,45)34-22-18-31(38)19-23-34/h3-5,8-9,12-23,32,35H,6-7,10-11,24-26H2,1-2H3,(H,39,43)/t35-/m1/s1. The molecular formula is C37H40ClN3O4S. The van der Waals surface area contributed by atoms with E-state index in [1.165, 1.54) is 24.3 Å². The van der Waals surface area contributed by atoms with Crippen LogP contribution >= 0.6 is 11.6 Å².